The molecule has 1 aromatic carbocycles. The van der Waals surface area contributed by atoms with Crippen molar-refractivity contribution in [3.05, 3.63) is 33.3 Å². The lowest BCUT2D eigenvalue weighted by atomic mass is 10.0. The number of hydrogen-bond donors (Lipinski definition) is 1. The van der Waals surface area contributed by atoms with Crippen LogP contribution in [0.3, 0.4) is 0 Å². The highest BCUT2D eigenvalue weighted by Gasteiger charge is 2.11. The van der Waals surface area contributed by atoms with Crippen molar-refractivity contribution < 1.29 is 5.11 Å². The Kier molecular flexibility index (Phi) is 7.96. The number of aliphatic hydroxyl groups is 1. The van der Waals surface area contributed by atoms with Gasteiger partial charge in [-0.2, -0.15) is 0 Å². The molecule has 0 bridgehead atoms. The summed E-state index contributed by atoms with van der Waals surface area (Å²) in [5, 5.41) is 10.8. The second-order valence-electron chi connectivity index (χ2n) is 4.74. The molecule has 0 aliphatic heterocycles. The van der Waals surface area contributed by atoms with Gasteiger partial charge in [-0.3, -0.25) is 0 Å². The predicted molar refractivity (Wildman–Crippen MR) is 82.1 cm³/mol. The molecule has 18 heavy (non-hydrogen) atoms. The Balaban J connectivity index is 2.29. The summed E-state index contributed by atoms with van der Waals surface area (Å²) in [5.74, 6) is 0. The fourth-order valence-electron chi connectivity index (χ4n) is 2.05. The third-order valence-electron chi connectivity index (χ3n) is 3.15. The number of benzene rings is 1. The Morgan fingerprint density at radius 3 is 2.50 bits per heavy atom. The van der Waals surface area contributed by atoms with Crippen LogP contribution >= 0.6 is 27.5 Å². The summed E-state index contributed by atoms with van der Waals surface area (Å²) in [6.07, 6.45) is 7.93. The van der Waals surface area contributed by atoms with Crippen molar-refractivity contribution in [1.82, 2.24) is 0 Å². The van der Waals surface area contributed by atoms with Gasteiger partial charge in [0.25, 0.3) is 0 Å². The smallest absolute Gasteiger partial charge is 0.0801 e. The molecule has 3 heteroatoms. The average Bonchev–Trinajstić information content (AvgIpc) is 2.33. The van der Waals surface area contributed by atoms with Crippen molar-refractivity contribution in [2.45, 2.75) is 58.0 Å². The van der Waals surface area contributed by atoms with Crippen LogP contribution in [0, 0.1) is 0 Å². The Bertz CT molecular complexity index is 354. The third-order valence-corrected chi connectivity index (χ3v) is 4.07. The molecule has 0 aliphatic carbocycles. The fraction of sp³-hybridized carbons (Fsp3) is 0.600. The van der Waals surface area contributed by atoms with E-state index in [0.717, 1.165) is 22.9 Å². The third kappa shape index (κ3) is 5.73. The minimum Gasteiger partial charge on any atom is -0.388 e. The molecule has 0 spiro atoms. The van der Waals surface area contributed by atoms with E-state index < -0.39 is 0 Å². The van der Waals surface area contributed by atoms with Gasteiger partial charge in [-0.25, -0.2) is 0 Å². The highest BCUT2D eigenvalue weighted by atomic mass is 79.9. The predicted octanol–water partition coefficient (Wildman–Crippen LogP) is 5.89. The molecule has 0 saturated carbocycles. The molecule has 1 rings (SSSR count). The van der Waals surface area contributed by atoms with E-state index in [9.17, 15) is 5.11 Å². The van der Waals surface area contributed by atoms with E-state index >= 15 is 0 Å². The summed E-state index contributed by atoms with van der Waals surface area (Å²) in [6, 6.07) is 5.56. The minimum atomic E-state index is -0.386. The first-order valence-electron chi connectivity index (χ1n) is 6.78. The molecule has 0 saturated heterocycles. The first-order valence-corrected chi connectivity index (χ1v) is 7.95. The summed E-state index contributed by atoms with van der Waals surface area (Å²) in [6.45, 7) is 2.22. The lowest BCUT2D eigenvalue weighted by Crippen LogP contribution is -1.98. The van der Waals surface area contributed by atoms with E-state index in [1.807, 2.05) is 18.2 Å². The Morgan fingerprint density at radius 1 is 1.17 bits per heavy atom. The van der Waals surface area contributed by atoms with Crippen molar-refractivity contribution in [2.24, 2.45) is 0 Å². The van der Waals surface area contributed by atoms with Gasteiger partial charge in [-0.15, -0.1) is 0 Å². The number of hydrogen-bond acceptors (Lipinski definition) is 1. The lowest BCUT2D eigenvalue weighted by Gasteiger charge is -2.13. The molecule has 0 aromatic heterocycles. The van der Waals surface area contributed by atoms with Crippen LogP contribution in [0.2, 0.25) is 5.02 Å². The van der Waals surface area contributed by atoms with Gasteiger partial charge in [0.1, 0.15) is 0 Å². The zero-order chi connectivity index (χ0) is 13.4. The normalized spacial score (nSPS) is 12.7. The molecule has 1 unspecified atom stereocenters. The maximum absolute atomic E-state index is 10.1. The standard InChI is InChI=1S/C15H22BrClO/c1-2-3-4-5-6-7-8-15(18)13-10-9-12(17)11-14(13)16/h9-11,15,18H,2-8H2,1H3. The molecular formula is C15H22BrClO. The van der Waals surface area contributed by atoms with E-state index in [-0.39, 0.29) is 6.10 Å². The van der Waals surface area contributed by atoms with Gasteiger partial charge in [0.05, 0.1) is 6.10 Å². The molecule has 1 N–H and O–H groups in total. The number of aliphatic hydroxyl groups excluding tert-OH is 1. The lowest BCUT2D eigenvalue weighted by molar-refractivity contribution is 0.162. The van der Waals surface area contributed by atoms with Crippen LogP contribution in [0.4, 0.5) is 0 Å². The number of rotatable bonds is 8. The second kappa shape index (κ2) is 8.95. The van der Waals surface area contributed by atoms with Crippen molar-refractivity contribution in [3.63, 3.8) is 0 Å². The monoisotopic (exact) mass is 332 g/mol. The quantitative estimate of drug-likeness (QED) is 0.588. The van der Waals surface area contributed by atoms with E-state index in [0.29, 0.717) is 5.02 Å². The molecule has 1 aromatic rings. The SMILES string of the molecule is CCCCCCCCC(O)c1ccc(Cl)cc1Br. The topological polar surface area (TPSA) is 20.2 Å². The molecule has 1 nitrogen and oxygen atoms in total. The van der Waals surface area contributed by atoms with Gasteiger partial charge in [0, 0.05) is 9.50 Å². The Hall–Kier alpha value is -0.0500. The van der Waals surface area contributed by atoms with E-state index in [2.05, 4.69) is 22.9 Å². The van der Waals surface area contributed by atoms with Gasteiger partial charge in [0.15, 0.2) is 0 Å². The van der Waals surface area contributed by atoms with E-state index in [1.54, 1.807) is 0 Å². The highest BCUT2D eigenvalue weighted by molar-refractivity contribution is 9.10. The Morgan fingerprint density at radius 2 is 1.83 bits per heavy atom. The molecule has 0 aliphatic rings. The van der Waals surface area contributed by atoms with Crippen LogP contribution in [0.25, 0.3) is 0 Å². The van der Waals surface area contributed by atoms with Gasteiger partial charge in [-0.05, 0) is 24.1 Å². The highest BCUT2D eigenvalue weighted by Crippen LogP contribution is 2.29. The average molecular weight is 334 g/mol. The zero-order valence-corrected chi connectivity index (χ0v) is 13.3. The fourth-order valence-corrected chi connectivity index (χ4v) is 2.99. The summed E-state index contributed by atoms with van der Waals surface area (Å²) < 4.78 is 0.897. The van der Waals surface area contributed by atoms with Gasteiger partial charge in [-0.1, -0.05) is 79.0 Å². The van der Waals surface area contributed by atoms with E-state index in [4.69, 9.17) is 11.6 Å². The first kappa shape index (κ1) is 16.0. The van der Waals surface area contributed by atoms with Crippen LogP contribution in [-0.2, 0) is 0 Å². The number of halogens is 2. The van der Waals surface area contributed by atoms with Crippen molar-refractivity contribution in [2.75, 3.05) is 0 Å². The molecule has 0 heterocycles. The largest absolute Gasteiger partial charge is 0.388 e. The van der Waals surface area contributed by atoms with Crippen molar-refractivity contribution >= 4 is 27.5 Å². The van der Waals surface area contributed by atoms with Crippen LogP contribution in [-0.4, -0.2) is 5.11 Å². The first-order chi connectivity index (χ1) is 8.65. The molecule has 0 amide bonds. The summed E-state index contributed by atoms with van der Waals surface area (Å²) in [5.41, 5.74) is 0.938. The van der Waals surface area contributed by atoms with Crippen LogP contribution < -0.4 is 0 Å². The summed E-state index contributed by atoms with van der Waals surface area (Å²) >= 11 is 9.33. The van der Waals surface area contributed by atoms with Crippen molar-refractivity contribution in [3.8, 4) is 0 Å². The van der Waals surface area contributed by atoms with Gasteiger partial charge in [0.2, 0.25) is 0 Å². The van der Waals surface area contributed by atoms with Gasteiger partial charge < -0.3 is 5.11 Å². The summed E-state index contributed by atoms with van der Waals surface area (Å²) in [7, 11) is 0. The van der Waals surface area contributed by atoms with Crippen LogP contribution in [0.15, 0.2) is 22.7 Å². The van der Waals surface area contributed by atoms with Crippen LogP contribution in [0.1, 0.15) is 63.5 Å². The van der Waals surface area contributed by atoms with Crippen molar-refractivity contribution in [1.29, 1.82) is 0 Å². The molecule has 1 atom stereocenters. The molecule has 0 radical (unpaired) electrons. The summed E-state index contributed by atoms with van der Waals surface area (Å²) in [4.78, 5) is 0. The number of unbranched alkanes of at least 4 members (excludes halogenated alkanes) is 5. The molecule has 0 fully saturated rings. The molecule has 102 valence electrons. The maximum Gasteiger partial charge on any atom is 0.0801 e. The second-order valence-corrected chi connectivity index (χ2v) is 6.03. The molecular weight excluding hydrogens is 312 g/mol. The van der Waals surface area contributed by atoms with Crippen LogP contribution in [0.5, 0.6) is 0 Å². The van der Waals surface area contributed by atoms with Gasteiger partial charge >= 0.3 is 0 Å². The Labute approximate surface area is 124 Å². The van der Waals surface area contributed by atoms with E-state index in [1.165, 1.54) is 32.1 Å². The maximum atomic E-state index is 10.1. The zero-order valence-electron chi connectivity index (χ0n) is 11.0. The minimum absolute atomic E-state index is 0.386.